The Hall–Kier alpha value is -2.59. The molecule has 3 heterocycles. The van der Waals surface area contributed by atoms with Crippen LogP contribution in [-0.2, 0) is 11.8 Å². The molecule has 0 amide bonds. The van der Waals surface area contributed by atoms with E-state index >= 15 is 0 Å². The molecule has 1 fully saturated rings. The van der Waals surface area contributed by atoms with Gasteiger partial charge in [0.2, 0.25) is 0 Å². The zero-order valence-electron chi connectivity index (χ0n) is 20.1. The van der Waals surface area contributed by atoms with Gasteiger partial charge in [0.1, 0.15) is 18.0 Å². The van der Waals surface area contributed by atoms with Crippen LogP contribution in [0.15, 0.2) is 30.6 Å². The normalized spacial score (nSPS) is 23.9. The van der Waals surface area contributed by atoms with Gasteiger partial charge >= 0.3 is 6.18 Å². The fraction of sp³-hybridized carbons (Fsp3) is 0.583. The van der Waals surface area contributed by atoms with Gasteiger partial charge in [-0.2, -0.15) is 23.4 Å². The molecule has 1 aromatic carbocycles. The monoisotopic (exact) mass is 479 g/mol. The van der Waals surface area contributed by atoms with E-state index in [0.29, 0.717) is 23.9 Å². The maximum atomic E-state index is 13.9. The third-order valence-corrected chi connectivity index (χ3v) is 6.27. The number of halogens is 3. The van der Waals surface area contributed by atoms with Crippen LogP contribution in [0.5, 0.6) is 5.75 Å². The summed E-state index contributed by atoms with van der Waals surface area (Å²) in [6, 6.07) is 4.12. The number of fused-ring (bicyclic) bond motifs is 1. The number of nitrogens with zero attached hydrogens (tertiary/aromatic N) is 4. The first kappa shape index (κ1) is 24.5. The first-order chi connectivity index (χ1) is 15.9. The van der Waals surface area contributed by atoms with Crippen molar-refractivity contribution in [3.05, 3.63) is 41.9 Å². The van der Waals surface area contributed by atoms with Gasteiger partial charge in [-0.3, -0.25) is 9.36 Å². The predicted molar refractivity (Wildman–Crippen MR) is 123 cm³/mol. The number of aromatic nitrogens is 4. The minimum Gasteiger partial charge on any atom is -0.492 e. The molecule has 2 aromatic heterocycles. The Balaban J connectivity index is 1.56. The number of benzene rings is 1. The standard InChI is InChI=1S/C24H32F3N5O2/c1-14(2)31-7-6-21(30-31)23(33)10-16(5)29-18(11-23)13-34-19-8-17-12-28-32(15(3)4)22(17)20(9-19)24(25,26)27/h6-9,12,14-16,18,29,33H,10-11,13H2,1-5H3/t16-,18-,23-/m0/s1. The predicted octanol–water partition coefficient (Wildman–Crippen LogP) is 4.82. The summed E-state index contributed by atoms with van der Waals surface area (Å²) in [4.78, 5) is 0. The van der Waals surface area contributed by atoms with Gasteiger partial charge in [-0.05, 0) is 59.2 Å². The maximum Gasteiger partial charge on any atom is 0.418 e. The van der Waals surface area contributed by atoms with Gasteiger partial charge in [0, 0.05) is 42.2 Å². The topological polar surface area (TPSA) is 77.1 Å². The molecular weight excluding hydrogens is 447 g/mol. The van der Waals surface area contributed by atoms with Gasteiger partial charge in [-0.1, -0.05) is 0 Å². The van der Waals surface area contributed by atoms with Gasteiger partial charge in [0.05, 0.1) is 23.0 Å². The molecule has 186 valence electrons. The maximum absolute atomic E-state index is 13.9. The van der Waals surface area contributed by atoms with Crippen LogP contribution >= 0.6 is 0 Å². The van der Waals surface area contributed by atoms with Crippen LogP contribution in [-0.4, -0.2) is 43.4 Å². The second-order valence-corrected chi connectivity index (χ2v) is 9.88. The quantitative estimate of drug-likeness (QED) is 0.530. The molecule has 0 saturated carbocycles. The number of piperidine rings is 1. The van der Waals surface area contributed by atoms with Gasteiger partial charge in [-0.25, -0.2) is 0 Å². The molecule has 0 aliphatic carbocycles. The van der Waals surface area contributed by atoms with Crippen molar-refractivity contribution in [2.75, 3.05) is 6.61 Å². The van der Waals surface area contributed by atoms with Gasteiger partial charge in [0.15, 0.2) is 0 Å². The van der Waals surface area contributed by atoms with E-state index in [-0.39, 0.29) is 42.0 Å². The van der Waals surface area contributed by atoms with Crippen molar-refractivity contribution in [1.29, 1.82) is 0 Å². The van der Waals surface area contributed by atoms with Crippen molar-refractivity contribution < 1.29 is 23.0 Å². The molecule has 10 heteroatoms. The van der Waals surface area contributed by atoms with Crippen LogP contribution in [0.2, 0.25) is 0 Å². The first-order valence-electron chi connectivity index (χ1n) is 11.6. The highest BCUT2D eigenvalue weighted by atomic mass is 19.4. The molecule has 7 nitrogen and oxygen atoms in total. The number of nitrogens with one attached hydrogen (secondary N) is 1. The largest absolute Gasteiger partial charge is 0.492 e. The number of hydrogen-bond donors (Lipinski definition) is 2. The molecular formula is C24H32F3N5O2. The molecule has 0 bridgehead atoms. The van der Waals surface area contributed by atoms with Crippen LogP contribution in [0.4, 0.5) is 13.2 Å². The van der Waals surface area contributed by atoms with Crippen molar-refractivity contribution in [3.8, 4) is 5.75 Å². The lowest BCUT2D eigenvalue weighted by atomic mass is 9.82. The van der Waals surface area contributed by atoms with Gasteiger partial charge in [-0.15, -0.1) is 0 Å². The number of ether oxygens (including phenoxy) is 1. The lowest BCUT2D eigenvalue weighted by Gasteiger charge is -2.40. The Bertz CT molecular complexity index is 1150. The van der Waals surface area contributed by atoms with E-state index in [1.807, 2.05) is 33.0 Å². The van der Waals surface area contributed by atoms with E-state index in [1.54, 1.807) is 24.6 Å². The highest BCUT2D eigenvalue weighted by Crippen LogP contribution is 2.39. The number of aliphatic hydroxyl groups is 1. The molecule has 1 saturated heterocycles. The van der Waals surface area contributed by atoms with Crippen molar-refractivity contribution in [2.24, 2.45) is 0 Å². The first-order valence-corrected chi connectivity index (χ1v) is 11.6. The van der Waals surface area contributed by atoms with Crippen LogP contribution in [0.25, 0.3) is 10.9 Å². The summed E-state index contributed by atoms with van der Waals surface area (Å²) in [7, 11) is 0. The van der Waals surface area contributed by atoms with Crippen molar-refractivity contribution in [2.45, 2.75) is 83.4 Å². The molecule has 3 aromatic rings. The SMILES string of the molecule is CC(C)n1ccc([C@@]2(O)C[C@@H](COc3cc(C(F)(F)F)c4c(cnn4C(C)C)c3)N[C@@H](C)C2)n1. The minimum absolute atomic E-state index is 0.0194. The van der Waals surface area contributed by atoms with Crippen molar-refractivity contribution >= 4 is 10.9 Å². The summed E-state index contributed by atoms with van der Waals surface area (Å²) in [5.74, 6) is 0.121. The summed E-state index contributed by atoms with van der Waals surface area (Å²) in [6.07, 6.45) is -0.440. The smallest absolute Gasteiger partial charge is 0.418 e. The van der Waals surface area contributed by atoms with E-state index in [4.69, 9.17) is 4.74 Å². The second kappa shape index (κ2) is 8.88. The fourth-order valence-corrected chi connectivity index (χ4v) is 4.76. The highest BCUT2D eigenvalue weighted by molar-refractivity contribution is 5.84. The summed E-state index contributed by atoms with van der Waals surface area (Å²) < 4.78 is 50.6. The molecule has 3 atom stereocenters. The Kier molecular flexibility index (Phi) is 6.41. The molecule has 0 spiro atoms. The Labute approximate surface area is 196 Å². The minimum atomic E-state index is -4.54. The Morgan fingerprint density at radius 3 is 2.56 bits per heavy atom. The number of alkyl halides is 3. The Morgan fingerprint density at radius 1 is 1.21 bits per heavy atom. The van der Waals surface area contributed by atoms with Crippen molar-refractivity contribution in [3.63, 3.8) is 0 Å². The molecule has 0 unspecified atom stereocenters. The lowest BCUT2D eigenvalue weighted by Crippen LogP contribution is -2.53. The summed E-state index contributed by atoms with van der Waals surface area (Å²) >= 11 is 0. The van der Waals surface area contributed by atoms with E-state index in [2.05, 4.69) is 15.5 Å². The van der Waals surface area contributed by atoms with E-state index < -0.39 is 17.3 Å². The van der Waals surface area contributed by atoms with E-state index in [1.165, 1.54) is 10.9 Å². The Morgan fingerprint density at radius 2 is 1.94 bits per heavy atom. The second-order valence-electron chi connectivity index (χ2n) is 9.88. The van der Waals surface area contributed by atoms with Crippen LogP contribution in [0.3, 0.4) is 0 Å². The van der Waals surface area contributed by atoms with E-state index in [0.717, 1.165) is 6.07 Å². The van der Waals surface area contributed by atoms with Crippen molar-refractivity contribution in [1.82, 2.24) is 24.9 Å². The number of rotatable bonds is 6. The summed E-state index contributed by atoms with van der Waals surface area (Å²) in [5, 5.41) is 23.8. The lowest BCUT2D eigenvalue weighted by molar-refractivity contribution is -0.136. The van der Waals surface area contributed by atoms with Gasteiger partial charge < -0.3 is 15.2 Å². The average molecular weight is 480 g/mol. The molecule has 1 aliphatic heterocycles. The number of hydrogen-bond acceptors (Lipinski definition) is 5. The van der Waals surface area contributed by atoms with Crippen LogP contribution in [0, 0.1) is 0 Å². The van der Waals surface area contributed by atoms with Crippen LogP contribution in [0.1, 0.15) is 70.8 Å². The van der Waals surface area contributed by atoms with Gasteiger partial charge in [0.25, 0.3) is 0 Å². The molecule has 34 heavy (non-hydrogen) atoms. The van der Waals surface area contributed by atoms with E-state index in [9.17, 15) is 18.3 Å². The third-order valence-electron chi connectivity index (χ3n) is 6.27. The summed E-state index contributed by atoms with van der Waals surface area (Å²) in [6.45, 7) is 9.68. The molecule has 2 N–H and O–H groups in total. The van der Waals surface area contributed by atoms with Crippen LogP contribution < -0.4 is 10.1 Å². The zero-order valence-corrected chi connectivity index (χ0v) is 20.1. The molecule has 1 aliphatic rings. The highest BCUT2D eigenvalue weighted by Gasteiger charge is 2.41. The summed E-state index contributed by atoms with van der Waals surface area (Å²) in [5.41, 5.74) is -1.26. The molecule has 0 radical (unpaired) electrons. The average Bonchev–Trinajstić information content (AvgIpc) is 3.38. The zero-order chi connectivity index (χ0) is 24.8. The molecule has 4 rings (SSSR count). The third kappa shape index (κ3) is 4.79. The fourth-order valence-electron chi connectivity index (χ4n) is 4.76.